The van der Waals surface area contributed by atoms with Gasteiger partial charge in [-0.3, -0.25) is 9.41 Å². The Kier molecular flexibility index (Phi) is 7.21. The van der Waals surface area contributed by atoms with Crippen LogP contribution in [0.2, 0.25) is 0 Å². The third-order valence-electron chi connectivity index (χ3n) is 5.55. The van der Waals surface area contributed by atoms with Gasteiger partial charge in [-0.25, -0.2) is 0 Å². The SMILES string of the molecule is CC1=C(C)C(C)[C]([Zr][C]2=C(C)C(C)=C(C)C2C)=C1C.F.F. The van der Waals surface area contributed by atoms with Gasteiger partial charge >= 0.3 is 130 Å². The molecule has 0 N–H and O–H groups in total. The van der Waals surface area contributed by atoms with Crippen LogP contribution in [0.25, 0.3) is 0 Å². The van der Waals surface area contributed by atoms with Gasteiger partial charge in [-0.15, -0.1) is 0 Å². The number of hydrogen-bond donors (Lipinski definition) is 0. The van der Waals surface area contributed by atoms with E-state index in [2.05, 4.69) is 55.4 Å². The van der Waals surface area contributed by atoms with E-state index in [0.717, 1.165) is 0 Å². The van der Waals surface area contributed by atoms with E-state index in [4.69, 9.17) is 0 Å². The van der Waals surface area contributed by atoms with Crippen molar-refractivity contribution < 1.29 is 32.6 Å². The zero-order valence-corrected chi connectivity index (χ0v) is 16.9. The second kappa shape index (κ2) is 7.31. The standard InChI is InChI=1S/2C9H13.2FH.Zr/c2*1-6-5-7(2)9(4)8(6)3;;;/h2*6H,1-4H3;2*1H;. The fraction of sp³-hybridized carbons (Fsp3) is 0.556. The molecule has 0 aromatic carbocycles. The molecule has 0 aromatic rings. The van der Waals surface area contributed by atoms with Crippen LogP contribution in [0.15, 0.2) is 40.0 Å². The maximum absolute atomic E-state index is 2.41. The summed E-state index contributed by atoms with van der Waals surface area (Å²) in [4.78, 5) is 0. The van der Waals surface area contributed by atoms with Crippen molar-refractivity contribution >= 4 is 0 Å². The van der Waals surface area contributed by atoms with E-state index >= 15 is 0 Å². The van der Waals surface area contributed by atoms with E-state index < -0.39 is 23.2 Å². The van der Waals surface area contributed by atoms with Crippen LogP contribution in [0.5, 0.6) is 0 Å². The third-order valence-corrected chi connectivity index (χ3v) is 10.8. The van der Waals surface area contributed by atoms with E-state index in [1.807, 2.05) is 6.56 Å². The van der Waals surface area contributed by atoms with Gasteiger partial charge in [0.1, 0.15) is 0 Å². The first-order valence-corrected chi connectivity index (χ1v) is 9.77. The van der Waals surface area contributed by atoms with Crippen LogP contribution in [0.1, 0.15) is 55.4 Å². The van der Waals surface area contributed by atoms with Gasteiger partial charge in [0.25, 0.3) is 0 Å². The molecule has 0 aliphatic heterocycles. The number of rotatable bonds is 2. The summed E-state index contributed by atoms with van der Waals surface area (Å²) in [6.45, 7) is 18.8. The molecule has 3 heteroatoms. The first-order chi connectivity index (χ1) is 8.77. The van der Waals surface area contributed by atoms with Crippen molar-refractivity contribution in [2.45, 2.75) is 55.4 Å². The number of allylic oxidation sites excluding steroid dienone is 8. The van der Waals surface area contributed by atoms with Gasteiger partial charge in [-0.05, 0) is 0 Å². The molecule has 118 valence electrons. The largest absolute Gasteiger partial charge is 0.269 e. The van der Waals surface area contributed by atoms with Crippen LogP contribution < -0.4 is 0 Å². The maximum Gasteiger partial charge on any atom is -0.269 e. The molecule has 0 heterocycles. The minimum absolute atomic E-state index is 0. The molecule has 0 amide bonds. The molecule has 0 radical (unpaired) electrons. The van der Waals surface area contributed by atoms with Gasteiger partial charge in [-0.1, -0.05) is 0 Å². The molecule has 2 unspecified atom stereocenters. The zero-order valence-electron chi connectivity index (χ0n) is 14.5. The van der Waals surface area contributed by atoms with E-state index in [1.165, 1.54) is 0 Å². The summed E-state index contributed by atoms with van der Waals surface area (Å²) in [6, 6.07) is 0. The minimum atomic E-state index is -0.601. The zero-order chi connectivity index (χ0) is 14.5. The summed E-state index contributed by atoms with van der Waals surface area (Å²) in [7, 11) is 0. The Balaban J connectivity index is 0.00000200. The molecular formula is C18H28F2Zr. The Morgan fingerprint density at radius 3 is 1.05 bits per heavy atom. The van der Waals surface area contributed by atoms with Crippen LogP contribution in [0, 0.1) is 11.8 Å². The Bertz CT molecular complexity index is 512. The maximum atomic E-state index is 2.41. The monoisotopic (exact) mass is 372 g/mol. The molecule has 0 aromatic heterocycles. The van der Waals surface area contributed by atoms with Gasteiger partial charge in [0.2, 0.25) is 0 Å². The molecule has 2 aliphatic rings. The van der Waals surface area contributed by atoms with Crippen LogP contribution in [-0.4, -0.2) is 0 Å². The van der Waals surface area contributed by atoms with Crippen LogP contribution >= 0.6 is 0 Å². The minimum Gasteiger partial charge on any atom is -0.269 e. The van der Waals surface area contributed by atoms with Crippen molar-refractivity contribution in [3.05, 3.63) is 40.0 Å². The van der Waals surface area contributed by atoms with E-state index in [9.17, 15) is 0 Å². The van der Waals surface area contributed by atoms with Gasteiger partial charge < -0.3 is 0 Å². The van der Waals surface area contributed by atoms with Crippen molar-refractivity contribution in [3.63, 3.8) is 0 Å². The quantitative estimate of drug-likeness (QED) is 0.566. The average Bonchev–Trinajstić information content (AvgIpc) is 2.68. The summed E-state index contributed by atoms with van der Waals surface area (Å²) in [5.41, 5.74) is 9.58. The molecule has 0 nitrogen and oxygen atoms in total. The first-order valence-electron chi connectivity index (χ1n) is 7.31. The normalized spacial score (nSPS) is 25.5. The predicted molar refractivity (Wildman–Crippen MR) is 85.5 cm³/mol. The second-order valence-corrected chi connectivity index (χ2v) is 9.52. The Hall–Kier alpha value is -0.297. The first kappa shape index (κ1) is 20.7. The van der Waals surface area contributed by atoms with Crippen molar-refractivity contribution in [2.24, 2.45) is 11.8 Å². The molecule has 0 bridgehead atoms. The molecule has 0 spiro atoms. The molecule has 2 rings (SSSR count). The predicted octanol–water partition coefficient (Wildman–Crippen LogP) is 5.89. The van der Waals surface area contributed by atoms with Crippen molar-refractivity contribution in [1.29, 1.82) is 0 Å². The molecule has 0 saturated carbocycles. The van der Waals surface area contributed by atoms with Crippen LogP contribution in [0.3, 0.4) is 0 Å². The topological polar surface area (TPSA) is 0 Å². The molecule has 0 fully saturated rings. The summed E-state index contributed by atoms with van der Waals surface area (Å²) in [5.74, 6) is 1.42. The van der Waals surface area contributed by atoms with Crippen LogP contribution in [0.4, 0.5) is 9.41 Å². The van der Waals surface area contributed by atoms with E-state index in [1.54, 1.807) is 33.4 Å². The van der Waals surface area contributed by atoms with Gasteiger partial charge in [-0.2, -0.15) is 0 Å². The van der Waals surface area contributed by atoms with Gasteiger partial charge in [0.05, 0.1) is 0 Å². The van der Waals surface area contributed by atoms with Crippen molar-refractivity contribution in [3.8, 4) is 0 Å². The fourth-order valence-electron chi connectivity index (χ4n) is 3.28. The molecule has 2 atom stereocenters. The van der Waals surface area contributed by atoms with Crippen molar-refractivity contribution in [1.82, 2.24) is 0 Å². The third kappa shape index (κ3) is 3.23. The smallest absolute Gasteiger partial charge is 0.269 e. The Morgan fingerprint density at radius 1 is 0.571 bits per heavy atom. The van der Waals surface area contributed by atoms with Crippen molar-refractivity contribution in [2.75, 3.05) is 0 Å². The second-order valence-electron chi connectivity index (χ2n) is 6.26. The Morgan fingerprint density at radius 2 is 0.857 bits per heavy atom. The van der Waals surface area contributed by atoms with Gasteiger partial charge in [0.15, 0.2) is 0 Å². The number of halogens is 2. The van der Waals surface area contributed by atoms with Gasteiger partial charge in [0, 0.05) is 0 Å². The summed E-state index contributed by atoms with van der Waals surface area (Å²) < 4.78 is 3.64. The molecular weight excluding hydrogens is 345 g/mol. The van der Waals surface area contributed by atoms with E-state index in [0.29, 0.717) is 11.8 Å². The summed E-state index contributed by atoms with van der Waals surface area (Å²) >= 11 is -0.601. The molecule has 2 aliphatic carbocycles. The summed E-state index contributed by atoms with van der Waals surface area (Å²) in [6.07, 6.45) is 0. The molecule has 0 saturated heterocycles. The average molecular weight is 374 g/mol. The summed E-state index contributed by atoms with van der Waals surface area (Å²) in [5, 5.41) is 0. The Labute approximate surface area is 139 Å². The molecule has 21 heavy (non-hydrogen) atoms. The fourth-order valence-corrected chi connectivity index (χ4v) is 7.96. The van der Waals surface area contributed by atoms with E-state index in [-0.39, 0.29) is 9.41 Å². The number of hydrogen-bond acceptors (Lipinski definition) is 0. The van der Waals surface area contributed by atoms with Crippen LogP contribution in [-0.2, 0) is 23.2 Å².